The van der Waals surface area contributed by atoms with Crippen LogP contribution in [0, 0.1) is 13.8 Å². The zero-order valence-corrected chi connectivity index (χ0v) is 21.1. The Labute approximate surface area is 206 Å². The zero-order valence-electron chi connectivity index (χ0n) is 19.5. The summed E-state index contributed by atoms with van der Waals surface area (Å²) in [6, 6.07) is 20.0. The predicted octanol–water partition coefficient (Wildman–Crippen LogP) is 3.01. The van der Waals surface area contributed by atoms with Gasteiger partial charge < -0.3 is 5.32 Å². The molecule has 8 nitrogen and oxygen atoms in total. The number of carbonyl (C=O) groups excluding carboxylic acids is 1. The Morgan fingerprint density at radius 3 is 1.97 bits per heavy atom. The Morgan fingerprint density at radius 2 is 1.37 bits per heavy atom. The van der Waals surface area contributed by atoms with Crippen molar-refractivity contribution >= 4 is 31.6 Å². The van der Waals surface area contributed by atoms with E-state index in [1.165, 1.54) is 28.6 Å². The average molecular weight is 514 g/mol. The summed E-state index contributed by atoms with van der Waals surface area (Å²) in [5.41, 5.74) is 2.29. The largest absolute Gasteiger partial charge is 0.324 e. The number of hydrogen-bond acceptors (Lipinski definition) is 5. The molecule has 10 heteroatoms. The molecule has 1 aliphatic heterocycles. The van der Waals surface area contributed by atoms with E-state index < -0.39 is 32.0 Å². The lowest BCUT2D eigenvalue weighted by Crippen LogP contribution is -2.60. The molecule has 1 N–H and O–H groups in total. The average Bonchev–Trinajstić information content (AvgIpc) is 2.87. The summed E-state index contributed by atoms with van der Waals surface area (Å²) in [6.45, 7) is 3.18. The normalized spacial score (nSPS) is 17.7. The number of hydrogen-bond donors (Lipinski definition) is 1. The highest BCUT2D eigenvalue weighted by Gasteiger charge is 2.43. The maximum Gasteiger partial charge on any atom is 0.244 e. The van der Waals surface area contributed by atoms with Gasteiger partial charge in [-0.2, -0.15) is 8.61 Å². The molecule has 0 aliphatic carbocycles. The number of sulfonamides is 2. The van der Waals surface area contributed by atoms with E-state index in [2.05, 4.69) is 5.32 Å². The first-order valence-corrected chi connectivity index (χ1v) is 14.0. The van der Waals surface area contributed by atoms with Crippen LogP contribution in [-0.4, -0.2) is 57.0 Å². The van der Waals surface area contributed by atoms with E-state index in [1.54, 1.807) is 42.5 Å². The number of aryl methyl sites for hydroxylation is 2. The molecule has 0 radical (unpaired) electrons. The number of nitrogens with zero attached hydrogens (tertiary/aromatic N) is 2. The van der Waals surface area contributed by atoms with Crippen molar-refractivity contribution in [1.29, 1.82) is 0 Å². The van der Waals surface area contributed by atoms with Crippen molar-refractivity contribution in [3.8, 4) is 0 Å². The van der Waals surface area contributed by atoms with E-state index in [1.807, 2.05) is 26.0 Å². The molecule has 3 aromatic rings. The van der Waals surface area contributed by atoms with Gasteiger partial charge in [-0.25, -0.2) is 16.8 Å². The lowest BCUT2D eigenvalue weighted by molar-refractivity contribution is -0.120. The van der Waals surface area contributed by atoms with Crippen molar-refractivity contribution in [3.63, 3.8) is 0 Å². The molecule has 35 heavy (non-hydrogen) atoms. The first-order chi connectivity index (χ1) is 16.6. The summed E-state index contributed by atoms with van der Waals surface area (Å²) >= 11 is 0. The van der Waals surface area contributed by atoms with Gasteiger partial charge in [-0.3, -0.25) is 4.79 Å². The third-order valence-electron chi connectivity index (χ3n) is 5.98. The molecular formula is C25H27N3O5S2. The van der Waals surface area contributed by atoms with Gasteiger partial charge in [0.05, 0.1) is 9.79 Å². The molecule has 3 aromatic carbocycles. The van der Waals surface area contributed by atoms with E-state index in [-0.39, 0.29) is 29.4 Å². The van der Waals surface area contributed by atoms with E-state index in [0.717, 1.165) is 15.4 Å². The van der Waals surface area contributed by atoms with E-state index in [4.69, 9.17) is 0 Å². The minimum atomic E-state index is -4.05. The SMILES string of the molecule is Cc1ccc(C)c(NC(=O)[C@H]2CN(S(=O)(=O)c3ccccc3)CCN2S(=O)(=O)c2ccccc2)c1. The van der Waals surface area contributed by atoms with Crippen molar-refractivity contribution in [2.45, 2.75) is 29.7 Å². The van der Waals surface area contributed by atoms with Crippen molar-refractivity contribution in [3.05, 3.63) is 90.0 Å². The van der Waals surface area contributed by atoms with Crippen molar-refractivity contribution < 1.29 is 21.6 Å². The molecule has 184 valence electrons. The molecule has 4 rings (SSSR count). The lowest BCUT2D eigenvalue weighted by Gasteiger charge is -2.39. The molecule has 0 spiro atoms. The van der Waals surface area contributed by atoms with Crippen LogP contribution in [0.5, 0.6) is 0 Å². The number of nitrogens with one attached hydrogen (secondary N) is 1. The monoisotopic (exact) mass is 513 g/mol. The third-order valence-corrected chi connectivity index (χ3v) is 9.78. The zero-order chi connectivity index (χ0) is 25.2. The second-order valence-corrected chi connectivity index (χ2v) is 12.3. The highest BCUT2D eigenvalue weighted by molar-refractivity contribution is 7.89. The minimum Gasteiger partial charge on any atom is -0.324 e. The van der Waals surface area contributed by atoms with Gasteiger partial charge in [-0.15, -0.1) is 0 Å². The van der Waals surface area contributed by atoms with Crippen LogP contribution in [0.15, 0.2) is 88.7 Å². The summed E-state index contributed by atoms with van der Waals surface area (Å²) in [5, 5.41) is 2.82. The van der Waals surface area contributed by atoms with E-state index in [9.17, 15) is 21.6 Å². The topological polar surface area (TPSA) is 104 Å². The predicted molar refractivity (Wildman–Crippen MR) is 134 cm³/mol. The standard InChI is InChI=1S/C25H27N3O5S2/c1-19-13-14-20(2)23(17-19)26-25(29)24-18-27(34(30,31)21-9-5-3-6-10-21)15-16-28(24)35(32,33)22-11-7-4-8-12-22/h3-14,17,24H,15-16,18H2,1-2H3,(H,26,29)/t24-/m1/s1. The second kappa shape index (κ2) is 9.90. The fraction of sp³-hybridized carbons (Fsp3) is 0.240. The van der Waals surface area contributed by atoms with Crippen molar-refractivity contribution in [2.75, 3.05) is 25.0 Å². The first kappa shape index (κ1) is 25.1. The molecule has 0 saturated carbocycles. The molecule has 1 aliphatic rings. The van der Waals surface area contributed by atoms with Crippen LogP contribution in [-0.2, 0) is 24.8 Å². The molecule has 1 atom stereocenters. The minimum absolute atomic E-state index is 0.0453. The third kappa shape index (κ3) is 5.15. The van der Waals surface area contributed by atoms with Crippen molar-refractivity contribution in [2.24, 2.45) is 0 Å². The maximum atomic E-state index is 13.5. The second-order valence-electron chi connectivity index (χ2n) is 8.43. The van der Waals surface area contributed by atoms with Crippen LogP contribution in [0.25, 0.3) is 0 Å². The summed E-state index contributed by atoms with van der Waals surface area (Å²) in [6.07, 6.45) is 0. The van der Waals surface area contributed by atoms with Gasteiger partial charge in [0.1, 0.15) is 6.04 Å². The van der Waals surface area contributed by atoms with Gasteiger partial charge in [0, 0.05) is 25.3 Å². The smallest absolute Gasteiger partial charge is 0.244 e. The number of rotatable bonds is 6. The van der Waals surface area contributed by atoms with E-state index in [0.29, 0.717) is 5.69 Å². The summed E-state index contributed by atoms with van der Waals surface area (Å²) in [7, 11) is -7.97. The number of amides is 1. The summed E-state index contributed by atoms with van der Waals surface area (Å²) in [4.78, 5) is 13.6. The lowest BCUT2D eigenvalue weighted by atomic mass is 10.1. The summed E-state index contributed by atoms with van der Waals surface area (Å²) < 4.78 is 55.8. The first-order valence-electron chi connectivity index (χ1n) is 11.1. The van der Waals surface area contributed by atoms with Crippen LogP contribution >= 0.6 is 0 Å². The molecule has 1 saturated heterocycles. The maximum absolute atomic E-state index is 13.5. The highest BCUT2D eigenvalue weighted by atomic mass is 32.2. The molecule has 1 fully saturated rings. The van der Waals surface area contributed by atoms with Crippen molar-refractivity contribution in [1.82, 2.24) is 8.61 Å². The van der Waals surface area contributed by atoms with Gasteiger partial charge in [0.2, 0.25) is 26.0 Å². The van der Waals surface area contributed by atoms with E-state index >= 15 is 0 Å². The number of anilines is 1. The van der Waals surface area contributed by atoms with Crippen LogP contribution in [0.2, 0.25) is 0 Å². The Kier molecular flexibility index (Phi) is 7.09. The fourth-order valence-electron chi connectivity index (χ4n) is 4.02. The molecular weight excluding hydrogens is 486 g/mol. The van der Waals surface area contributed by atoms with Crippen LogP contribution < -0.4 is 5.32 Å². The fourth-order valence-corrected chi connectivity index (χ4v) is 7.07. The molecule has 0 bridgehead atoms. The molecule has 0 aromatic heterocycles. The van der Waals surface area contributed by atoms with Gasteiger partial charge in [0.25, 0.3) is 0 Å². The molecule has 1 heterocycles. The van der Waals surface area contributed by atoms with Gasteiger partial charge >= 0.3 is 0 Å². The highest BCUT2D eigenvalue weighted by Crippen LogP contribution is 2.26. The Hall–Kier alpha value is -3.05. The Bertz CT molecular complexity index is 1430. The number of benzene rings is 3. The molecule has 0 unspecified atom stereocenters. The number of piperazine rings is 1. The Balaban J connectivity index is 1.71. The number of carbonyl (C=O) groups is 1. The van der Waals surface area contributed by atoms with Crippen LogP contribution in [0.1, 0.15) is 11.1 Å². The van der Waals surface area contributed by atoms with Crippen LogP contribution in [0.3, 0.4) is 0 Å². The van der Waals surface area contributed by atoms with Gasteiger partial charge in [0.15, 0.2) is 0 Å². The quantitative estimate of drug-likeness (QED) is 0.546. The summed E-state index contributed by atoms with van der Waals surface area (Å²) in [5.74, 6) is -0.592. The van der Waals surface area contributed by atoms with Gasteiger partial charge in [-0.1, -0.05) is 48.5 Å². The Morgan fingerprint density at radius 1 is 0.800 bits per heavy atom. The van der Waals surface area contributed by atoms with Gasteiger partial charge in [-0.05, 0) is 55.3 Å². The van der Waals surface area contributed by atoms with Crippen LogP contribution in [0.4, 0.5) is 5.69 Å². The molecule has 1 amide bonds.